The highest BCUT2D eigenvalue weighted by atomic mass is 32.2. The van der Waals surface area contributed by atoms with E-state index in [0.29, 0.717) is 28.3 Å². The minimum Gasteiger partial charge on any atom is -0.321 e. The third-order valence-electron chi connectivity index (χ3n) is 3.62. The van der Waals surface area contributed by atoms with Crippen LogP contribution in [-0.4, -0.2) is 11.7 Å². The van der Waals surface area contributed by atoms with Gasteiger partial charge in [0.15, 0.2) is 0 Å². The summed E-state index contributed by atoms with van der Waals surface area (Å²) in [5, 5.41) is 11.9. The second-order valence-electron chi connectivity index (χ2n) is 5.85. The Balaban J connectivity index is 2.09. The summed E-state index contributed by atoms with van der Waals surface area (Å²) in [6, 6.07) is 15.6. The van der Waals surface area contributed by atoms with E-state index in [1.54, 1.807) is 0 Å². The molecule has 134 valence electrons. The van der Waals surface area contributed by atoms with Crippen LogP contribution in [0.25, 0.3) is 6.08 Å². The highest BCUT2D eigenvalue weighted by molar-refractivity contribution is 7.99. The van der Waals surface area contributed by atoms with Crippen LogP contribution in [0.1, 0.15) is 30.9 Å². The Labute approximate surface area is 155 Å². The van der Waals surface area contributed by atoms with Crippen molar-refractivity contribution in [1.29, 1.82) is 5.26 Å². The number of thioether (sulfide) groups is 1. The number of alkyl halides is 2. The molecule has 26 heavy (non-hydrogen) atoms. The molecule has 0 radical (unpaired) electrons. The van der Waals surface area contributed by atoms with E-state index < -0.39 is 11.7 Å². The quantitative estimate of drug-likeness (QED) is 0.404. The molecule has 6 heteroatoms. The van der Waals surface area contributed by atoms with Crippen LogP contribution in [0.3, 0.4) is 0 Å². The fraction of sp³-hybridized carbons (Fsp3) is 0.200. The number of amides is 1. The number of benzene rings is 2. The predicted molar refractivity (Wildman–Crippen MR) is 101 cm³/mol. The summed E-state index contributed by atoms with van der Waals surface area (Å²) in [5.74, 6) is -2.64. The van der Waals surface area contributed by atoms with Gasteiger partial charge in [0.2, 0.25) is 0 Å². The third-order valence-corrected chi connectivity index (χ3v) is 4.34. The van der Waals surface area contributed by atoms with Crippen LogP contribution in [0.5, 0.6) is 0 Å². The molecule has 2 aromatic carbocycles. The predicted octanol–water partition coefficient (Wildman–Crippen LogP) is 5.67. The maximum atomic E-state index is 12.3. The maximum Gasteiger partial charge on any atom is 0.288 e. The Morgan fingerprint density at radius 2 is 1.73 bits per heavy atom. The standard InChI is InChI=1S/C20H18F2N2OS/c1-13(2)15-5-3-14(4-6-15)11-16(12-23)19(25)24-17-7-9-18(10-8-17)26-20(21)22/h3-11,13,20H,1-2H3,(H,24,25)/b16-11+. The van der Waals surface area contributed by atoms with Crippen LogP contribution >= 0.6 is 11.8 Å². The van der Waals surface area contributed by atoms with Crippen molar-refractivity contribution < 1.29 is 13.6 Å². The summed E-state index contributed by atoms with van der Waals surface area (Å²) in [4.78, 5) is 12.7. The van der Waals surface area contributed by atoms with E-state index in [1.807, 2.05) is 30.3 Å². The van der Waals surface area contributed by atoms with Crippen molar-refractivity contribution in [3.8, 4) is 6.07 Å². The molecular weight excluding hydrogens is 354 g/mol. The molecule has 0 aliphatic rings. The van der Waals surface area contributed by atoms with Gasteiger partial charge in [-0.15, -0.1) is 0 Å². The average Bonchev–Trinajstić information content (AvgIpc) is 2.61. The zero-order chi connectivity index (χ0) is 19.1. The van der Waals surface area contributed by atoms with Crippen LogP contribution in [0.15, 0.2) is 59.0 Å². The molecule has 0 unspecified atom stereocenters. The molecule has 0 saturated heterocycles. The highest BCUT2D eigenvalue weighted by Gasteiger charge is 2.10. The number of hydrogen-bond acceptors (Lipinski definition) is 3. The van der Waals surface area contributed by atoms with Gasteiger partial charge in [0, 0.05) is 10.6 Å². The van der Waals surface area contributed by atoms with E-state index in [0.717, 1.165) is 5.56 Å². The lowest BCUT2D eigenvalue weighted by Gasteiger charge is -2.07. The second kappa shape index (κ2) is 9.16. The summed E-state index contributed by atoms with van der Waals surface area (Å²) >= 11 is 0.432. The largest absolute Gasteiger partial charge is 0.321 e. The number of hydrogen-bond donors (Lipinski definition) is 1. The van der Waals surface area contributed by atoms with Crippen LogP contribution in [0.2, 0.25) is 0 Å². The first-order valence-electron chi connectivity index (χ1n) is 7.97. The van der Waals surface area contributed by atoms with E-state index in [-0.39, 0.29) is 5.57 Å². The van der Waals surface area contributed by atoms with Crippen molar-refractivity contribution in [3.63, 3.8) is 0 Å². The second-order valence-corrected chi connectivity index (χ2v) is 6.91. The Morgan fingerprint density at radius 3 is 2.23 bits per heavy atom. The molecular formula is C20H18F2N2OS. The molecule has 0 bridgehead atoms. The molecule has 0 aliphatic heterocycles. The summed E-state index contributed by atoms with van der Waals surface area (Å²) in [6.45, 7) is 4.17. The van der Waals surface area contributed by atoms with Crippen molar-refractivity contribution in [3.05, 3.63) is 65.2 Å². The molecule has 2 aromatic rings. The number of halogens is 2. The van der Waals surface area contributed by atoms with Crippen molar-refractivity contribution in [1.82, 2.24) is 0 Å². The summed E-state index contributed by atoms with van der Waals surface area (Å²) in [7, 11) is 0. The van der Waals surface area contributed by atoms with Crippen LogP contribution in [0.4, 0.5) is 14.5 Å². The lowest BCUT2D eigenvalue weighted by Crippen LogP contribution is -2.13. The van der Waals surface area contributed by atoms with Crippen LogP contribution in [0, 0.1) is 11.3 Å². The van der Waals surface area contributed by atoms with E-state index >= 15 is 0 Å². The Kier molecular flexibility index (Phi) is 6.93. The number of nitriles is 1. The average molecular weight is 372 g/mol. The SMILES string of the molecule is CC(C)c1ccc(/C=C(\C#N)C(=O)Nc2ccc(SC(F)F)cc2)cc1. The van der Waals surface area contributed by atoms with Crippen molar-refractivity contribution in [2.75, 3.05) is 5.32 Å². The first kappa shape index (κ1) is 19.7. The minimum atomic E-state index is -2.49. The van der Waals surface area contributed by atoms with Crippen molar-refractivity contribution >= 4 is 29.4 Å². The number of carbonyl (C=O) groups is 1. The van der Waals surface area contributed by atoms with Gasteiger partial charge in [0.25, 0.3) is 11.7 Å². The van der Waals surface area contributed by atoms with Crippen molar-refractivity contribution in [2.24, 2.45) is 0 Å². The maximum absolute atomic E-state index is 12.3. The molecule has 1 N–H and O–H groups in total. The van der Waals surface area contributed by atoms with Gasteiger partial charge in [-0.05, 0) is 47.4 Å². The van der Waals surface area contributed by atoms with Gasteiger partial charge in [-0.25, -0.2) is 0 Å². The highest BCUT2D eigenvalue weighted by Crippen LogP contribution is 2.26. The normalized spacial score (nSPS) is 11.5. The van der Waals surface area contributed by atoms with Gasteiger partial charge in [-0.3, -0.25) is 4.79 Å². The molecule has 0 aliphatic carbocycles. The van der Waals surface area contributed by atoms with E-state index in [9.17, 15) is 18.8 Å². The first-order valence-corrected chi connectivity index (χ1v) is 8.85. The number of rotatable bonds is 6. The van der Waals surface area contributed by atoms with Gasteiger partial charge in [-0.1, -0.05) is 49.9 Å². The molecule has 0 heterocycles. The zero-order valence-corrected chi connectivity index (χ0v) is 15.2. The fourth-order valence-electron chi connectivity index (χ4n) is 2.21. The van der Waals surface area contributed by atoms with Crippen molar-refractivity contribution in [2.45, 2.75) is 30.4 Å². The van der Waals surface area contributed by atoms with Gasteiger partial charge in [0.1, 0.15) is 11.6 Å². The summed E-state index contributed by atoms with van der Waals surface area (Å²) in [5.41, 5.74) is 2.33. The number of nitrogens with one attached hydrogen (secondary N) is 1. The lowest BCUT2D eigenvalue weighted by molar-refractivity contribution is -0.112. The number of nitrogens with zero attached hydrogens (tertiary/aromatic N) is 1. The topological polar surface area (TPSA) is 52.9 Å². The van der Waals surface area contributed by atoms with E-state index in [1.165, 1.54) is 35.9 Å². The first-order chi connectivity index (χ1) is 12.4. The molecule has 0 fully saturated rings. The molecule has 1 amide bonds. The summed E-state index contributed by atoms with van der Waals surface area (Å²) < 4.78 is 24.6. The summed E-state index contributed by atoms with van der Waals surface area (Å²) in [6.07, 6.45) is 1.51. The number of anilines is 1. The fourth-order valence-corrected chi connectivity index (χ4v) is 2.71. The molecule has 3 nitrogen and oxygen atoms in total. The Bertz CT molecular complexity index is 822. The third kappa shape index (κ3) is 5.71. The molecule has 0 atom stereocenters. The van der Waals surface area contributed by atoms with E-state index in [4.69, 9.17) is 0 Å². The van der Waals surface area contributed by atoms with Gasteiger partial charge in [0.05, 0.1) is 0 Å². The van der Waals surface area contributed by atoms with Gasteiger partial charge in [-0.2, -0.15) is 14.0 Å². The molecule has 0 spiro atoms. The van der Waals surface area contributed by atoms with Gasteiger partial charge >= 0.3 is 0 Å². The smallest absolute Gasteiger partial charge is 0.288 e. The zero-order valence-electron chi connectivity index (χ0n) is 14.4. The van der Waals surface area contributed by atoms with Crippen LogP contribution < -0.4 is 5.32 Å². The molecule has 0 aromatic heterocycles. The van der Waals surface area contributed by atoms with Crippen LogP contribution in [-0.2, 0) is 4.79 Å². The molecule has 0 saturated carbocycles. The lowest BCUT2D eigenvalue weighted by atomic mass is 10.0. The minimum absolute atomic E-state index is 0.0340. The Hall–Kier alpha value is -2.65. The van der Waals surface area contributed by atoms with E-state index in [2.05, 4.69) is 19.2 Å². The Morgan fingerprint density at radius 1 is 1.12 bits per heavy atom. The number of carbonyl (C=O) groups excluding carboxylic acids is 1. The monoisotopic (exact) mass is 372 g/mol. The van der Waals surface area contributed by atoms with Gasteiger partial charge < -0.3 is 5.32 Å². The molecule has 2 rings (SSSR count).